The summed E-state index contributed by atoms with van der Waals surface area (Å²) in [5, 5.41) is 5.24. The number of amides is 2. The van der Waals surface area contributed by atoms with E-state index in [1.165, 1.54) is 11.6 Å². The normalized spacial score (nSPS) is 10.6. The fourth-order valence-corrected chi connectivity index (χ4v) is 2.58. The Bertz CT molecular complexity index is 987. The molecule has 0 atom stereocenters. The molecule has 0 bridgehead atoms. The topological polar surface area (TPSA) is 93.3 Å². The maximum absolute atomic E-state index is 12.2. The van der Waals surface area contributed by atoms with Crippen LogP contribution in [0.5, 0.6) is 0 Å². The molecule has 0 aliphatic carbocycles. The maximum atomic E-state index is 12.2. The van der Waals surface area contributed by atoms with Gasteiger partial charge >= 0.3 is 5.76 Å². The number of carbonyl (C=O) groups excluding carboxylic acids is 2. The number of aromatic nitrogens is 1. The van der Waals surface area contributed by atoms with E-state index >= 15 is 0 Å². The van der Waals surface area contributed by atoms with Gasteiger partial charge in [0.15, 0.2) is 5.58 Å². The summed E-state index contributed by atoms with van der Waals surface area (Å²) in [5.74, 6) is -1.08. The van der Waals surface area contributed by atoms with Crippen molar-refractivity contribution in [1.82, 2.24) is 9.88 Å². The van der Waals surface area contributed by atoms with E-state index in [2.05, 4.69) is 10.6 Å². The van der Waals surface area contributed by atoms with Gasteiger partial charge in [0.1, 0.15) is 0 Å². The van der Waals surface area contributed by atoms with Crippen molar-refractivity contribution in [2.45, 2.75) is 13.0 Å². The smallest absolute Gasteiger partial charge is 0.408 e. The molecule has 3 aromatic rings. The van der Waals surface area contributed by atoms with E-state index in [0.717, 1.165) is 0 Å². The van der Waals surface area contributed by atoms with Crippen molar-refractivity contribution in [3.05, 3.63) is 64.6 Å². The van der Waals surface area contributed by atoms with Crippen molar-refractivity contribution >= 4 is 28.6 Å². The molecular formula is C18H17N3O4. The highest BCUT2D eigenvalue weighted by Crippen LogP contribution is 2.16. The Morgan fingerprint density at radius 1 is 1.08 bits per heavy atom. The van der Waals surface area contributed by atoms with E-state index in [1.54, 1.807) is 48.5 Å². The minimum Gasteiger partial charge on any atom is -0.408 e. The molecule has 0 aliphatic heterocycles. The first-order chi connectivity index (χ1) is 12.1. The van der Waals surface area contributed by atoms with Crippen LogP contribution < -0.4 is 16.4 Å². The van der Waals surface area contributed by atoms with Crippen LogP contribution in [-0.2, 0) is 11.3 Å². The first kappa shape index (κ1) is 16.5. The highest BCUT2D eigenvalue weighted by Gasteiger charge is 2.13. The van der Waals surface area contributed by atoms with Gasteiger partial charge in [0, 0.05) is 20.0 Å². The molecule has 0 saturated carbocycles. The maximum Gasteiger partial charge on any atom is 0.419 e. The highest BCUT2D eigenvalue weighted by atomic mass is 16.4. The standard InChI is InChI=1S/C18H17N3O4/c1-19-17(23)12-6-2-3-7-13(12)20-16(22)10-11-21-14-8-4-5-9-15(14)25-18(21)24/h2-9H,10-11H2,1H3,(H,19,23)(H,20,22). The van der Waals surface area contributed by atoms with Gasteiger partial charge in [-0.3, -0.25) is 14.2 Å². The zero-order valence-electron chi connectivity index (χ0n) is 13.6. The Morgan fingerprint density at radius 3 is 2.60 bits per heavy atom. The second kappa shape index (κ2) is 7.04. The number of fused-ring (bicyclic) bond motifs is 1. The van der Waals surface area contributed by atoms with Gasteiger partial charge in [-0.25, -0.2) is 4.79 Å². The first-order valence-corrected chi connectivity index (χ1v) is 7.79. The second-order valence-electron chi connectivity index (χ2n) is 5.41. The summed E-state index contributed by atoms with van der Waals surface area (Å²) >= 11 is 0. The van der Waals surface area contributed by atoms with Crippen molar-refractivity contribution in [3.63, 3.8) is 0 Å². The number of nitrogens with one attached hydrogen (secondary N) is 2. The molecule has 0 aliphatic rings. The van der Waals surface area contributed by atoms with Gasteiger partial charge in [0.25, 0.3) is 5.91 Å². The molecule has 0 fully saturated rings. The van der Waals surface area contributed by atoms with Gasteiger partial charge < -0.3 is 15.1 Å². The number of carbonyl (C=O) groups is 2. The van der Waals surface area contributed by atoms with Crippen LogP contribution in [-0.4, -0.2) is 23.4 Å². The number of nitrogens with zero attached hydrogens (tertiary/aromatic N) is 1. The summed E-state index contributed by atoms with van der Waals surface area (Å²) in [7, 11) is 1.53. The lowest BCUT2D eigenvalue weighted by Gasteiger charge is -2.10. The van der Waals surface area contributed by atoms with E-state index in [9.17, 15) is 14.4 Å². The quantitative estimate of drug-likeness (QED) is 0.743. The van der Waals surface area contributed by atoms with Crippen molar-refractivity contribution in [3.8, 4) is 0 Å². The summed E-state index contributed by atoms with van der Waals surface area (Å²) in [4.78, 5) is 36.0. The average Bonchev–Trinajstić information content (AvgIpc) is 2.95. The lowest BCUT2D eigenvalue weighted by Crippen LogP contribution is -2.23. The number of anilines is 1. The summed E-state index contributed by atoms with van der Waals surface area (Å²) in [6, 6.07) is 13.8. The van der Waals surface area contributed by atoms with Crippen LogP contribution in [0.4, 0.5) is 5.69 Å². The summed E-state index contributed by atoms with van der Waals surface area (Å²) < 4.78 is 6.55. The van der Waals surface area contributed by atoms with Gasteiger partial charge in [0.05, 0.1) is 16.8 Å². The van der Waals surface area contributed by atoms with Crippen molar-refractivity contribution in [1.29, 1.82) is 0 Å². The number of para-hydroxylation sites is 3. The molecule has 25 heavy (non-hydrogen) atoms. The molecule has 0 radical (unpaired) electrons. The molecule has 128 valence electrons. The highest BCUT2D eigenvalue weighted by molar-refractivity contribution is 6.03. The number of benzene rings is 2. The average molecular weight is 339 g/mol. The molecule has 7 heteroatoms. The number of oxazole rings is 1. The Balaban J connectivity index is 1.73. The fourth-order valence-electron chi connectivity index (χ4n) is 2.58. The van der Waals surface area contributed by atoms with Crippen molar-refractivity contribution in [2.75, 3.05) is 12.4 Å². The van der Waals surface area contributed by atoms with E-state index < -0.39 is 5.76 Å². The van der Waals surface area contributed by atoms with Crippen LogP contribution in [0.15, 0.2) is 57.7 Å². The Labute approximate surface area is 143 Å². The minimum atomic E-state index is -0.500. The predicted octanol–water partition coefficient (Wildman–Crippen LogP) is 1.98. The minimum absolute atomic E-state index is 0.0749. The Hall–Kier alpha value is -3.35. The zero-order valence-corrected chi connectivity index (χ0v) is 13.6. The van der Waals surface area contributed by atoms with Crippen LogP contribution in [0, 0.1) is 0 Å². The first-order valence-electron chi connectivity index (χ1n) is 7.79. The molecule has 1 aromatic heterocycles. The van der Waals surface area contributed by atoms with Crippen LogP contribution in [0.2, 0.25) is 0 Å². The number of hydrogen-bond donors (Lipinski definition) is 2. The van der Waals surface area contributed by atoms with Crippen molar-refractivity contribution < 1.29 is 14.0 Å². The summed E-state index contributed by atoms with van der Waals surface area (Å²) in [5.41, 5.74) is 1.93. The number of rotatable bonds is 5. The lowest BCUT2D eigenvalue weighted by molar-refractivity contribution is -0.116. The molecule has 1 heterocycles. The van der Waals surface area contributed by atoms with Gasteiger partial charge in [-0.1, -0.05) is 24.3 Å². The summed E-state index contributed by atoms with van der Waals surface area (Å²) in [6.45, 7) is 0.184. The zero-order chi connectivity index (χ0) is 17.8. The molecule has 3 rings (SSSR count). The number of hydrogen-bond acceptors (Lipinski definition) is 4. The molecule has 7 nitrogen and oxygen atoms in total. The Kier molecular flexibility index (Phi) is 4.65. The van der Waals surface area contributed by atoms with Crippen LogP contribution in [0.1, 0.15) is 16.8 Å². The van der Waals surface area contributed by atoms with Gasteiger partial charge in [-0.15, -0.1) is 0 Å². The van der Waals surface area contributed by atoms with Gasteiger partial charge in [0.2, 0.25) is 5.91 Å². The molecular weight excluding hydrogens is 322 g/mol. The predicted molar refractivity (Wildman–Crippen MR) is 93.6 cm³/mol. The van der Waals surface area contributed by atoms with Gasteiger partial charge in [-0.2, -0.15) is 0 Å². The molecule has 0 spiro atoms. The lowest BCUT2D eigenvalue weighted by atomic mass is 10.1. The third-order valence-electron chi connectivity index (χ3n) is 3.81. The monoisotopic (exact) mass is 339 g/mol. The molecule has 2 aromatic carbocycles. The van der Waals surface area contributed by atoms with Gasteiger partial charge in [-0.05, 0) is 24.3 Å². The fraction of sp³-hybridized carbons (Fsp3) is 0.167. The largest absolute Gasteiger partial charge is 0.419 e. The third kappa shape index (κ3) is 3.45. The summed E-state index contributed by atoms with van der Waals surface area (Å²) in [6.07, 6.45) is 0.0749. The van der Waals surface area contributed by atoms with Crippen molar-refractivity contribution in [2.24, 2.45) is 0 Å². The molecule has 2 N–H and O–H groups in total. The molecule has 0 saturated heterocycles. The molecule has 2 amide bonds. The van der Waals surface area contributed by atoms with E-state index in [0.29, 0.717) is 22.4 Å². The van der Waals surface area contributed by atoms with E-state index in [-0.39, 0.29) is 24.8 Å². The third-order valence-corrected chi connectivity index (χ3v) is 3.81. The van der Waals surface area contributed by atoms with Crippen LogP contribution in [0.3, 0.4) is 0 Å². The van der Waals surface area contributed by atoms with Crippen LogP contribution in [0.25, 0.3) is 11.1 Å². The Morgan fingerprint density at radius 2 is 1.80 bits per heavy atom. The molecule has 0 unspecified atom stereocenters. The van der Waals surface area contributed by atoms with Crippen LogP contribution >= 0.6 is 0 Å². The number of aryl methyl sites for hydroxylation is 1. The van der Waals surface area contributed by atoms with E-state index in [1.807, 2.05) is 0 Å². The van der Waals surface area contributed by atoms with E-state index in [4.69, 9.17) is 4.42 Å². The second-order valence-corrected chi connectivity index (χ2v) is 5.41. The SMILES string of the molecule is CNC(=O)c1ccccc1NC(=O)CCn1c(=O)oc2ccccc21.